The van der Waals surface area contributed by atoms with Crippen LogP contribution in [-0.2, 0) is 20.9 Å². The van der Waals surface area contributed by atoms with E-state index in [1.807, 2.05) is 97.9 Å². The van der Waals surface area contributed by atoms with E-state index in [4.69, 9.17) is 4.74 Å². The lowest BCUT2D eigenvalue weighted by Crippen LogP contribution is -2.64. The van der Waals surface area contributed by atoms with Gasteiger partial charge in [0.2, 0.25) is 5.91 Å². The molecule has 0 spiro atoms. The van der Waals surface area contributed by atoms with Gasteiger partial charge in [-0.25, -0.2) is 4.79 Å². The van der Waals surface area contributed by atoms with E-state index in [1.54, 1.807) is 4.90 Å². The van der Waals surface area contributed by atoms with Crippen LogP contribution in [0.4, 0.5) is 0 Å². The lowest BCUT2D eigenvalue weighted by Gasteiger charge is -2.48. The standard InChI is InChI=1S/C34H32NO3P/c1-3-16-31-26(2)32(36)35(31)33(34(37)38-25-27-17-8-4-9-18-27)39(28-19-10-5-11-20-28,29-21-12-6-13-22-29)30-23-14-7-15-24-30/h3-15,17-24,26,31H,1,16,25H2,2H3. The fourth-order valence-electron chi connectivity index (χ4n) is 5.38. The van der Waals surface area contributed by atoms with Gasteiger partial charge in [0.15, 0.2) is 0 Å². The second-order valence-electron chi connectivity index (χ2n) is 9.65. The van der Waals surface area contributed by atoms with Gasteiger partial charge in [0.05, 0.1) is 12.0 Å². The molecule has 0 N–H and O–H groups in total. The van der Waals surface area contributed by atoms with Crippen LogP contribution in [0.1, 0.15) is 18.9 Å². The summed E-state index contributed by atoms with van der Waals surface area (Å²) >= 11 is 0. The van der Waals surface area contributed by atoms with Gasteiger partial charge < -0.3 is 9.64 Å². The molecule has 5 rings (SSSR count). The topological polar surface area (TPSA) is 46.6 Å². The van der Waals surface area contributed by atoms with Gasteiger partial charge in [-0.3, -0.25) is 4.79 Å². The van der Waals surface area contributed by atoms with Crippen LogP contribution in [0, 0.1) is 5.92 Å². The summed E-state index contributed by atoms with van der Waals surface area (Å²) < 4.78 is 6.06. The van der Waals surface area contributed by atoms with E-state index in [0.717, 1.165) is 21.5 Å². The summed E-state index contributed by atoms with van der Waals surface area (Å²) in [7, 11) is 0. The lowest BCUT2D eigenvalue weighted by molar-refractivity contribution is -0.150. The van der Waals surface area contributed by atoms with Crippen molar-refractivity contribution in [3.05, 3.63) is 140 Å². The fraction of sp³-hybridized carbons (Fsp3) is 0.147. The number of benzene rings is 4. The van der Waals surface area contributed by atoms with E-state index in [2.05, 4.69) is 43.0 Å². The lowest BCUT2D eigenvalue weighted by atomic mass is 9.87. The predicted octanol–water partition coefficient (Wildman–Crippen LogP) is 5.28. The van der Waals surface area contributed by atoms with Gasteiger partial charge in [-0.05, 0) is 27.9 Å². The summed E-state index contributed by atoms with van der Waals surface area (Å²) in [6.07, 6.45) is 2.40. The van der Waals surface area contributed by atoms with Crippen LogP contribution >= 0.6 is 6.89 Å². The van der Waals surface area contributed by atoms with Crippen molar-refractivity contribution in [2.75, 3.05) is 0 Å². The molecule has 0 aliphatic carbocycles. The zero-order valence-corrected chi connectivity index (χ0v) is 22.9. The first-order chi connectivity index (χ1) is 19.1. The summed E-state index contributed by atoms with van der Waals surface area (Å²) in [5.74, 6) is -0.761. The van der Waals surface area contributed by atoms with Crippen molar-refractivity contribution in [3.63, 3.8) is 0 Å². The molecular weight excluding hydrogens is 501 g/mol. The number of nitrogens with zero attached hydrogens (tertiary/aromatic N) is 1. The average molecular weight is 534 g/mol. The molecule has 1 amide bonds. The Morgan fingerprint density at radius 3 is 1.67 bits per heavy atom. The van der Waals surface area contributed by atoms with Crippen molar-refractivity contribution in [3.8, 4) is 0 Å². The monoisotopic (exact) mass is 533 g/mol. The molecule has 1 saturated heterocycles. The number of β-lactam (4-membered cyclic amide) rings is 1. The molecule has 2 atom stereocenters. The van der Waals surface area contributed by atoms with Crippen molar-refractivity contribution < 1.29 is 14.3 Å². The molecular formula is C34H32NO3P. The first-order valence-corrected chi connectivity index (χ1v) is 15.0. The number of hydrogen-bond acceptors (Lipinski definition) is 3. The summed E-state index contributed by atoms with van der Waals surface area (Å²) in [6.45, 7) is 3.11. The summed E-state index contributed by atoms with van der Waals surface area (Å²) in [4.78, 5) is 29.9. The van der Waals surface area contributed by atoms with Gasteiger partial charge in [0, 0.05) is 6.89 Å². The molecule has 39 heavy (non-hydrogen) atoms. The molecule has 2 unspecified atom stereocenters. The van der Waals surface area contributed by atoms with Crippen LogP contribution in [-0.4, -0.2) is 28.2 Å². The minimum Gasteiger partial charge on any atom is -0.456 e. The molecule has 196 valence electrons. The van der Waals surface area contributed by atoms with E-state index in [1.165, 1.54) is 0 Å². The van der Waals surface area contributed by atoms with Gasteiger partial charge in [0.1, 0.15) is 12.0 Å². The zero-order valence-electron chi connectivity index (χ0n) is 22.0. The highest BCUT2D eigenvalue weighted by Gasteiger charge is 2.51. The van der Waals surface area contributed by atoms with Crippen molar-refractivity contribution >= 4 is 40.1 Å². The van der Waals surface area contributed by atoms with Crippen molar-refractivity contribution in [1.82, 2.24) is 4.90 Å². The molecule has 0 aromatic heterocycles. The Morgan fingerprint density at radius 1 is 0.795 bits per heavy atom. The minimum atomic E-state index is -2.87. The van der Waals surface area contributed by atoms with Crippen molar-refractivity contribution in [2.45, 2.75) is 26.0 Å². The van der Waals surface area contributed by atoms with E-state index in [0.29, 0.717) is 11.8 Å². The zero-order chi connectivity index (χ0) is 27.2. The molecule has 4 aromatic rings. The van der Waals surface area contributed by atoms with Crippen LogP contribution in [0.2, 0.25) is 0 Å². The third-order valence-corrected chi connectivity index (χ3v) is 11.6. The third-order valence-electron chi connectivity index (χ3n) is 7.32. The van der Waals surface area contributed by atoms with E-state index in [-0.39, 0.29) is 24.5 Å². The van der Waals surface area contributed by atoms with Gasteiger partial charge in [0.25, 0.3) is 0 Å². The molecule has 1 heterocycles. The van der Waals surface area contributed by atoms with Crippen LogP contribution in [0.5, 0.6) is 0 Å². The second-order valence-corrected chi connectivity index (χ2v) is 13.0. The largest absolute Gasteiger partial charge is 0.456 e. The maximum Gasteiger partial charge on any atom is 0.356 e. The maximum atomic E-state index is 14.5. The van der Waals surface area contributed by atoms with Crippen LogP contribution < -0.4 is 15.9 Å². The van der Waals surface area contributed by atoms with Crippen LogP contribution in [0.15, 0.2) is 134 Å². The summed E-state index contributed by atoms with van der Waals surface area (Å²) in [5, 5.41) is 2.95. The van der Waals surface area contributed by atoms with E-state index < -0.39 is 12.9 Å². The van der Waals surface area contributed by atoms with Crippen LogP contribution in [0.3, 0.4) is 0 Å². The fourth-order valence-corrected chi connectivity index (χ4v) is 9.78. The minimum absolute atomic E-state index is 0.0688. The van der Waals surface area contributed by atoms with Crippen LogP contribution in [0.25, 0.3) is 0 Å². The Hall–Kier alpha value is -4.14. The quantitative estimate of drug-likeness (QED) is 0.127. The number of esters is 1. The Kier molecular flexibility index (Phi) is 7.95. The highest BCUT2D eigenvalue weighted by atomic mass is 31.2. The molecule has 4 aromatic carbocycles. The normalized spacial score (nSPS) is 16.7. The van der Waals surface area contributed by atoms with E-state index >= 15 is 0 Å². The Balaban J connectivity index is 1.87. The molecule has 1 fully saturated rings. The summed E-state index contributed by atoms with van der Waals surface area (Å²) in [6, 6.07) is 39.7. The number of carbonyl (C=O) groups excluding carboxylic acids is 2. The number of likely N-dealkylation sites (tertiary alicyclic amines) is 1. The third kappa shape index (κ3) is 4.89. The number of carbonyl (C=O) groups is 2. The molecule has 1 aliphatic rings. The molecule has 1 aliphatic heterocycles. The molecule has 0 bridgehead atoms. The Labute approximate surface area is 230 Å². The maximum absolute atomic E-state index is 14.5. The number of amides is 1. The van der Waals surface area contributed by atoms with Crippen molar-refractivity contribution in [2.24, 2.45) is 5.92 Å². The predicted molar refractivity (Wildman–Crippen MR) is 161 cm³/mol. The van der Waals surface area contributed by atoms with Gasteiger partial charge in [-0.15, -0.1) is 6.58 Å². The molecule has 4 nitrogen and oxygen atoms in total. The molecule has 0 saturated carbocycles. The van der Waals surface area contributed by atoms with Gasteiger partial charge in [-0.2, -0.15) is 0 Å². The smallest absolute Gasteiger partial charge is 0.356 e. The van der Waals surface area contributed by atoms with E-state index in [9.17, 15) is 9.59 Å². The summed E-state index contributed by atoms with van der Waals surface area (Å²) in [5.41, 5.74) is 1.30. The first kappa shape index (κ1) is 26.5. The Morgan fingerprint density at radius 2 is 1.23 bits per heavy atom. The van der Waals surface area contributed by atoms with Gasteiger partial charge >= 0.3 is 5.97 Å². The molecule has 5 heteroatoms. The highest BCUT2D eigenvalue weighted by Crippen LogP contribution is 2.49. The van der Waals surface area contributed by atoms with Crippen molar-refractivity contribution in [1.29, 1.82) is 0 Å². The number of hydrogen-bond donors (Lipinski definition) is 0. The molecule has 0 radical (unpaired) electrons. The Bertz CT molecular complexity index is 1400. The highest BCUT2D eigenvalue weighted by molar-refractivity contribution is 7.96. The van der Waals surface area contributed by atoms with Gasteiger partial charge in [-0.1, -0.05) is 134 Å². The SMILES string of the molecule is C=CCC1C(C)C(=O)N1C(C(=O)OCc1ccccc1)=P(c1ccccc1)(c1ccccc1)c1ccccc1. The average Bonchev–Trinajstić information content (AvgIpc) is 3.01. The second kappa shape index (κ2) is 11.7. The number of ether oxygens (including phenoxy) is 1. The first-order valence-electron chi connectivity index (χ1n) is 13.2. The number of rotatable bonds is 9.